The first-order valence-electron chi connectivity index (χ1n) is 5.57. The van der Waals surface area contributed by atoms with Crippen LogP contribution in [0.15, 0.2) is 12.1 Å². The molecule has 2 nitrogen and oxygen atoms in total. The van der Waals surface area contributed by atoms with Crippen LogP contribution in [0.3, 0.4) is 0 Å². The van der Waals surface area contributed by atoms with Crippen LogP contribution in [0.4, 0.5) is 12.9 Å². The van der Waals surface area contributed by atoms with Gasteiger partial charge in [-0.15, -0.1) is 12.1 Å². The minimum atomic E-state index is -4.88. The van der Waals surface area contributed by atoms with Gasteiger partial charge in [0.1, 0.15) is 0 Å². The van der Waals surface area contributed by atoms with E-state index in [2.05, 4.69) is 11.5 Å². The smallest absolute Gasteiger partial charge is 0.445 e. The van der Waals surface area contributed by atoms with Gasteiger partial charge in [0.15, 0.2) is 0 Å². The van der Waals surface area contributed by atoms with E-state index in [-0.39, 0.29) is 57.9 Å². The van der Waals surface area contributed by atoms with E-state index in [0.29, 0.717) is 12.6 Å². The topological polar surface area (TPSA) is 6.48 Å². The second-order valence-electron chi connectivity index (χ2n) is 4.73. The van der Waals surface area contributed by atoms with Crippen LogP contribution in [0.2, 0.25) is 0 Å². The zero-order valence-electron chi connectivity index (χ0n) is 10.9. The van der Waals surface area contributed by atoms with E-state index in [1.165, 1.54) is 0 Å². The molecule has 0 bridgehead atoms. The fraction of sp³-hybridized carbons (Fsp3) is 0.800. The van der Waals surface area contributed by atoms with Crippen LogP contribution in [0.25, 0.3) is 0 Å². The van der Waals surface area contributed by atoms with Gasteiger partial charge in [0.05, 0.1) is 0 Å². The molecule has 0 aromatic carbocycles. The fourth-order valence-electron chi connectivity index (χ4n) is 1.99. The van der Waals surface area contributed by atoms with Crippen molar-refractivity contribution in [3.05, 3.63) is 12.1 Å². The summed E-state index contributed by atoms with van der Waals surface area (Å²) in [5, 5.41) is 0. The van der Waals surface area contributed by atoms with Crippen molar-refractivity contribution in [3.63, 3.8) is 0 Å². The first kappa shape index (κ1) is 18.2. The average molecular weight is 274 g/mol. The van der Waals surface area contributed by atoms with Gasteiger partial charge >= 0.3 is 58.4 Å². The third-order valence-electron chi connectivity index (χ3n) is 3.10. The van der Waals surface area contributed by atoms with Gasteiger partial charge in [0, 0.05) is 12.6 Å². The summed E-state index contributed by atoms with van der Waals surface area (Å²) < 4.78 is 37.2. The summed E-state index contributed by atoms with van der Waals surface area (Å²) in [5.74, 6) is 0. The van der Waals surface area contributed by atoms with Crippen LogP contribution in [-0.2, 0) is 0 Å². The molecule has 7 heteroatoms. The van der Waals surface area contributed by atoms with Crippen molar-refractivity contribution in [1.82, 2.24) is 9.80 Å². The molecule has 1 saturated heterocycles. The summed E-state index contributed by atoms with van der Waals surface area (Å²) in [4.78, 5) is 3.93. The fourth-order valence-corrected chi connectivity index (χ4v) is 1.99. The Morgan fingerprint density at radius 3 is 2.47 bits per heavy atom. The van der Waals surface area contributed by atoms with Gasteiger partial charge in [-0.1, -0.05) is 0 Å². The van der Waals surface area contributed by atoms with Crippen molar-refractivity contribution in [2.45, 2.75) is 18.9 Å². The maximum atomic E-state index is 12.4. The molecule has 1 atom stereocenters. The Balaban J connectivity index is 0.00000256. The Labute approximate surface area is 144 Å². The van der Waals surface area contributed by atoms with Gasteiger partial charge in [0.25, 0.3) is 0 Å². The molecule has 0 amide bonds. The van der Waals surface area contributed by atoms with Crippen LogP contribution < -0.4 is 51.4 Å². The van der Waals surface area contributed by atoms with E-state index >= 15 is 0 Å². The maximum absolute atomic E-state index is 12.4. The van der Waals surface area contributed by atoms with Crippen molar-refractivity contribution in [3.8, 4) is 0 Å². The number of halogens is 3. The molecule has 17 heavy (non-hydrogen) atoms. The van der Waals surface area contributed by atoms with Crippen molar-refractivity contribution in [2.24, 2.45) is 0 Å². The Morgan fingerprint density at radius 1 is 1.41 bits per heavy atom. The number of rotatable bonds is 4. The zero-order chi connectivity index (χ0) is 12.3. The molecule has 0 aromatic heterocycles. The maximum Gasteiger partial charge on any atom is 1.00 e. The summed E-state index contributed by atoms with van der Waals surface area (Å²) in [6, 6.07) is 0.363. The summed E-state index contributed by atoms with van der Waals surface area (Å²) >= 11 is 0. The quantitative estimate of drug-likeness (QED) is 0.604. The second-order valence-corrected chi connectivity index (χ2v) is 4.73. The van der Waals surface area contributed by atoms with Crippen molar-refractivity contribution in [2.75, 3.05) is 33.7 Å². The van der Waals surface area contributed by atoms with E-state index in [9.17, 15) is 12.9 Å². The standard InChI is InChI=1S/C10H19BF3N2.K/c1-9(11(12,13)14)7-16-6-4-5-10(8-16)15(2)3;/h10H,1,4-8H2,2-3H3;/q-1;+1. The van der Waals surface area contributed by atoms with Crippen LogP contribution in [0, 0.1) is 0 Å². The molecule has 1 heterocycles. The third kappa shape index (κ3) is 6.22. The second kappa shape index (κ2) is 7.67. The van der Waals surface area contributed by atoms with Gasteiger partial charge in [0.2, 0.25) is 0 Å². The summed E-state index contributed by atoms with van der Waals surface area (Å²) in [6.07, 6.45) is 2.02. The van der Waals surface area contributed by atoms with Crippen molar-refractivity contribution < 1.29 is 64.3 Å². The predicted molar refractivity (Wildman–Crippen MR) is 61.4 cm³/mol. The molecule has 0 aromatic rings. The average Bonchev–Trinajstić information content (AvgIpc) is 2.16. The number of likely N-dealkylation sites (N-methyl/N-ethyl adjacent to an activating group) is 1. The van der Waals surface area contributed by atoms with Crippen LogP contribution in [0.5, 0.6) is 0 Å². The van der Waals surface area contributed by atoms with E-state index < -0.39 is 12.4 Å². The van der Waals surface area contributed by atoms with Crippen molar-refractivity contribution >= 4 is 6.98 Å². The largest absolute Gasteiger partial charge is 1.00 e. The van der Waals surface area contributed by atoms with Crippen LogP contribution in [0.1, 0.15) is 12.8 Å². The zero-order valence-corrected chi connectivity index (χ0v) is 14.0. The molecule has 0 N–H and O–H groups in total. The van der Waals surface area contributed by atoms with E-state index in [0.717, 1.165) is 19.4 Å². The SMILES string of the molecule is C=C(CN1CCCC(N(C)C)C1)[B-](F)(F)F.[K+]. The van der Waals surface area contributed by atoms with E-state index in [4.69, 9.17) is 0 Å². The monoisotopic (exact) mass is 274 g/mol. The van der Waals surface area contributed by atoms with E-state index in [1.807, 2.05) is 19.0 Å². The first-order chi connectivity index (χ1) is 7.30. The van der Waals surface area contributed by atoms with Gasteiger partial charge in [-0.3, -0.25) is 0 Å². The summed E-state index contributed by atoms with van der Waals surface area (Å²) in [6.45, 7) is -0.326. The summed E-state index contributed by atoms with van der Waals surface area (Å²) in [7, 11) is 3.94. The number of hydrogen-bond donors (Lipinski definition) is 0. The van der Waals surface area contributed by atoms with Gasteiger partial charge in [-0.05, 0) is 40.0 Å². The first-order valence-corrected chi connectivity index (χ1v) is 5.57. The number of hydrogen-bond acceptors (Lipinski definition) is 2. The minimum Gasteiger partial charge on any atom is -0.445 e. The molecule has 1 aliphatic heterocycles. The number of likely N-dealkylation sites (tertiary alicyclic amines) is 1. The normalized spacial score (nSPS) is 22.4. The molecule has 0 spiro atoms. The van der Waals surface area contributed by atoms with Gasteiger partial charge in [-0.2, -0.15) is 0 Å². The Kier molecular flexibility index (Phi) is 8.19. The van der Waals surface area contributed by atoms with Gasteiger partial charge in [-0.25, -0.2) is 0 Å². The molecule has 0 saturated carbocycles. The Morgan fingerprint density at radius 2 is 2.00 bits per heavy atom. The molecular formula is C10H19BF3KN2. The molecular weight excluding hydrogens is 255 g/mol. The molecule has 0 aliphatic carbocycles. The predicted octanol–water partition coefficient (Wildman–Crippen LogP) is -1.04. The van der Waals surface area contributed by atoms with Crippen molar-refractivity contribution in [1.29, 1.82) is 0 Å². The molecule has 94 valence electrons. The van der Waals surface area contributed by atoms with Crippen LogP contribution >= 0.6 is 0 Å². The number of piperidine rings is 1. The molecule has 1 fully saturated rings. The molecule has 1 aliphatic rings. The van der Waals surface area contributed by atoms with E-state index in [1.54, 1.807) is 0 Å². The van der Waals surface area contributed by atoms with Crippen LogP contribution in [-0.4, -0.2) is 56.5 Å². The third-order valence-corrected chi connectivity index (χ3v) is 3.10. The molecule has 1 rings (SSSR count). The molecule has 1 unspecified atom stereocenters. The number of nitrogens with zero attached hydrogens (tertiary/aromatic N) is 2. The minimum absolute atomic E-state index is 0. The summed E-state index contributed by atoms with van der Waals surface area (Å²) in [5.41, 5.74) is -0.584. The Hall–Kier alpha value is 1.15. The van der Waals surface area contributed by atoms with Gasteiger partial charge < -0.3 is 22.7 Å². The molecule has 0 radical (unpaired) electrons. The Bertz CT molecular complexity index is 258.